The molecule has 0 radical (unpaired) electrons. The molecule has 1 saturated heterocycles. The molecule has 1 heterocycles. The third-order valence-corrected chi connectivity index (χ3v) is 4.60. The second kappa shape index (κ2) is 8.97. The van der Waals surface area contributed by atoms with Crippen molar-refractivity contribution in [3.05, 3.63) is 59.4 Å². The summed E-state index contributed by atoms with van der Waals surface area (Å²) in [6.07, 6.45) is 2.08. The molecule has 0 bridgehead atoms. The van der Waals surface area contributed by atoms with E-state index in [1.54, 1.807) is 12.1 Å². The quantitative estimate of drug-likeness (QED) is 0.845. The van der Waals surface area contributed by atoms with Crippen molar-refractivity contribution in [2.45, 2.75) is 19.8 Å². The second-order valence-electron chi connectivity index (χ2n) is 6.46. The molecule has 1 unspecified atom stereocenters. The van der Waals surface area contributed by atoms with E-state index in [0.717, 1.165) is 42.6 Å². The number of carbonyl (C=O) groups is 1. The molecule has 3 nitrogen and oxygen atoms in total. The average molecular weight is 363 g/mol. The van der Waals surface area contributed by atoms with Crippen molar-refractivity contribution in [1.29, 1.82) is 0 Å². The number of hydrogen-bond donors (Lipinski definition) is 2. The molecule has 0 spiro atoms. The second-order valence-corrected chi connectivity index (χ2v) is 6.46. The van der Waals surface area contributed by atoms with Crippen molar-refractivity contribution < 1.29 is 9.18 Å². The van der Waals surface area contributed by atoms with Gasteiger partial charge in [-0.2, -0.15) is 0 Å². The lowest BCUT2D eigenvalue weighted by atomic mass is 10.0. The van der Waals surface area contributed by atoms with Crippen LogP contribution in [0.4, 0.5) is 4.39 Å². The summed E-state index contributed by atoms with van der Waals surface area (Å²) in [5.41, 5.74) is 2.99. The van der Waals surface area contributed by atoms with Gasteiger partial charge in [0.05, 0.1) is 5.56 Å². The Morgan fingerprint density at radius 2 is 1.92 bits per heavy atom. The third kappa shape index (κ3) is 5.03. The summed E-state index contributed by atoms with van der Waals surface area (Å²) in [4.78, 5) is 12.2. The van der Waals surface area contributed by atoms with E-state index in [1.165, 1.54) is 6.07 Å². The number of benzene rings is 2. The Labute approximate surface area is 154 Å². The summed E-state index contributed by atoms with van der Waals surface area (Å²) in [5.74, 6) is -0.207. The lowest BCUT2D eigenvalue weighted by molar-refractivity contribution is 0.0947. The van der Waals surface area contributed by atoms with Gasteiger partial charge in [-0.05, 0) is 62.0 Å². The van der Waals surface area contributed by atoms with Crippen molar-refractivity contribution in [2.24, 2.45) is 5.92 Å². The molecule has 1 aliphatic rings. The molecule has 5 heteroatoms. The van der Waals surface area contributed by atoms with Crippen LogP contribution in [0, 0.1) is 18.7 Å². The lowest BCUT2D eigenvalue weighted by Crippen LogP contribution is -2.27. The number of halogens is 2. The number of hydrogen-bond acceptors (Lipinski definition) is 2. The average Bonchev–Trinajstić information content (AvgIpc) is 3.08. The summed E-state index contributed by atoms with van der Waals surface area (Å²) < 4.78 is 14.3. The molecule has 1 aliphatic heterocycles. The molecule has 3 rings (SSSR count). The highest BCUT2D eigenvalue weighted by molar-refractivity contribution is 5.95. The number of rotatable bonds is 5. The van der Waals surface area contributed by atoms with Crippen molar-refractivity contribution in [2.75, 3.05) is 19.6 Å². The Morgan fingerprint density at radius 3 is 2.56 bits per heavy atom. The molecule has 134 valence electrons. The predicted molar refractivity (Wildman–Crippen MR) is 102 cm³/mol. The van der Waals surface area contributed by atoms with Crippen molar-refractivity contribution in [1.82, 2.24) is 10.6 Å². The first-order valence-electron chi connectivity index (χ1n) is 8.49. The number of amides is 1. The van der Waals surface area contributed by atoms with Crippen LogP contribution >= 0.6 is 12.4 Å². The van der Waals surface area contributed by atoms with Gasteiger partial charge in [0.25, 0.3) is 5.91 Å². The zero-order valence-electron chi connectivity index (χ0n) is 14.3. The number of nitrogens with one attached hydrogen (secondary N) is 2. The molecular weight excluding hydrogens is 339 g/mol. The monoisotopic (exact) mass is 362 g/mol. The molecule has 1 atom stereocenters. The summed E-state index contributed by atoms with van der Waals surface area (Å²) >= 11 is 0. The molecular formula is C20H24ClFN2O. The highest BCUT2D eigenvalue weighted by Gasteiger charge is 2.16. The molecule has 2 aromatic carbocycles. The fraction of sp³-hybridized carbons (Fsp3) is 0.350. The van der Waals surface area contributed by atoms with Crippen LogP contribution < -0.4 is 10.6 Å². The molecule has 1 fully saturated rings. The van der Waals surface area contributed by atoms with Gasteiger partial charge >= 0.3 is 0 Å². The Morgan fingerprint density at radius 1 is 1.20 bits per heavy atom. The summed E-state index contributed by atoms with van der Waals surface area (Å²) in [5, 5.41) is 6.13. The summed E-state index contributed by atoms with van der Waals surface area (Å²) in [6.45, 7) is 4.66. The highest BCUT2D eigenvalue weighted by atomic mass is 35.5. The van der Waals surface area contributed by atoms with Gasteiger partial charge in [-0.15, -0.1) is 12.4 Å². The van der Waals surface area contributed by atoms with Gasteiger partial charge in [0.1, 0.15) is 5.82 Å². The van der Waals surface area contributed by atoms with Crippen LogP contribution in [0.1, 0.15) is 28.8 Å². The van der Waals surface area contributed by atoms with E-state index in [1.807, 2.05) is 31.2 Å². The summed E-state index contributed by atoms with van der Waals surface area (Å²) in [6, 6.07) is 12.7. The van der Waals surface area contributed by atoms with Crippen LogP contribution in [0.2, 0.25) is 0 Å². The first-order valence-corrected chi connectivity index (χ1v) is 8.49. The van der Waals surface area contributed by atoms with E-state index in [-0.39, 0.29) is 23.9 Å². The minimum Gasteiger partial charge on any atom is -0.352 e. The van der Waals surface area contributed by atoms with Crippen LogP contribution in [-0.4, -0.2) is 25.5 Å². The van der Waals surface area contributed by atoms with E-state index in [9.17, 15) is 9.18 Å². The maximum atomic E-state index is 14.3. The predicted octanol–water partition coefficient (Wildman–Crippen LogP) is 3.95. The van der Waals surface area contributed by atoms with Gasteiger partial charge < -0.3 is 10.6 Å². The normalized spacial score (nSPS) is 16.3. The molecule has 0 saturated carbocycles. The first kappa shape index (κ1) is 19.4. The standard InChI is InChI=1S/C20H23FN2O.ClH/c1-14-2-4-16(5-3-14)17-6-7-18(19(21)12-17)20(24)23-11-9-15-8-10-22-13-15;/h2-7,12,15,22H,8-11,13H2,1H3,(H,23,24);1H. The van der Waals surface area contributed by atoms with E-state index in [2.05, 4.69) is 10.6 Å². The van der Waals surface area contributed by atoms with Crippen LogP contribution in [0.25, 0.3) is 11.1 Å². The molecule has 2 aromatic rings. The van der Waals surface area contributed by atoms with Crippen molar-refractivity contribution in [3.63, 3.8) is 0 Å². The van der Waals surface area contributed by atoms with Crippen LogP contribution in [0.3, 0.4) is 0 Å². The number of aryl methyl sites for hydroxylation is 1. The highest BCUT2D eigenvalue weighted by Crippen LogP contribution is 2.22. The van der Waals surface area contributed by atoms with Gasteiger partial charge in [0, 0.05) is 6.54 Å². The summed E-state index contributed by atoms with van der Waals surface area (Å²) in [7, 11) is 0. The molecule has 0 aliphatic carbocycles. The maximum absolute atomic E-state index is 14.3. The van der Waals surface area contributed by atoms with Gasteiger partial charge in [-0.1, -0.05) is 35.9 Å². The number of carbonyl (C=O) groups excluding carboxylic acids is 1. The lowest BCUT2D eigenvalue weighted by Gasteiger charge is -2.10. The minimum absolute atomic E-state index is 0. The topological polar surface area (TPSA) is 41.1 Å². The maximum Gasteiger partial charge on any atom is 0.254 e. The molecule has 2 N–H and O–H groups in total. The fourth-order valence-corrected chi connectivity index (χ4v) is 3.07. The largest absolute Gasteiger partial charge is 0.352 e. The van der Waals surface area contributed by atoms with Crippen LogP contribution in [-0.2, 0) is 0 Å². The van der Waals surface area contributed by atoms with Gasteiger partial charge in [-0.25, -0.2) is 4.39 Å². The zero-order valence-corrected chi connectivity index (χ0v) is 15.2. The third-order valence-electron chi connectivity index (χ3n) is 4.60. The molecule has 1 amide bonds. The van der Waals surface area contributed by atoms with E-state index < -0.39 is 5.82 Å². The van der Waals surface area contributed by atoms with E-state index in [0.29, 0.717) is 12.5 Å². The van der Waals surface area contributed by atoms with Crippen LogP contribution in [0.15, 0.2) is 42.5 Å². The Bertz CT molecular complexity index is 712. The fourth-order valence-electron chi connectivity index (χ4n) is 3.07. The Hall–Kier alpha value is -1.91. The van der Waals surface area contributed by atoms with Crippen molar-refractivity contribution in [3.8, 4) is 11.1 Å². The van der Waals surface area contributed by atoms with Crippen LogP contribution in [0.5, 0.6) is 0 Å². The molecule has 25 heavy (non-hydrogen) atoms. The van der Waals surface area contributed by atoms with E-state index in [4.69, 9.17) is 0 Å². The zero-order chi connectivity index (χ0) is 16.9. The van der Waals surface area contributed by atoms with Gasteiger partial charge in [-0.3, -0.25) is 4.79 Å². The minimum atomic E-state index is -0.479. The molecule has 0 aromatic heterocycles. The van der Waals surface area contributed by atoms with Crippen molar-refractivity contribution >= 4 is 18.3 Å². The first-order chi connectivity index (χ1) is 11.6. The SMILES string of the molecule is Cc1ccc(-c2ccc(C(=O)NCCC3CCNC3)c(F)c2)cc1.Cl. The van der Waals surface area contributed by atoms with Gasteiger partial charge in [0.15, 0.2) is 0 Å². The Balaban J connectivity index is 0.00000225. The van der Waals surface area contributed by atoms with E-state index >= 15 is 0 Å². The van der Waals surface area contributed by atoms with Gasteiger partial charge in [0.2, 0.25) is 0 Å². The Kier molecular flexibility index (Phi) is 6.97. The smallest absolute Gasteiger partial charge is 0.254 e.